The van der Waals surface area contributed by atoms with Gasteiger partial charge in [0.15, 0.2) is 0 Å². The molecule has 0 aliphatic rings. The average Bonchev–Trinajstić information content (AvgIpc) is 3.20. The van der Waals surface area contributed by atoms with Crippen LogP contribution in [-0.2, 0) is 24.4 Å². The quantitative estimate of drug-likeness (QED) is 0.444. The lowest BCUT2D eigenvalue weighted by atomic mass is 10.1. The van der Waals surface area contributed by atoms with E-state index in [1.807, 2.05) is 30.3 Å². The van der Waals surface area contributed by atoms with Gasteiger partial charge in [-0.15, -0.1) is 0 Å². The van der Waals surface area contributed by atoms with Crippen LogP contribution in [0.1, 0.15) is 28.8 Å². The largest absolute Gasteiger partial charge is 0.497 e. The Hall–Kier alpha value is -3.07. The van der Waals surface area contributed by atoms with E-state index in [1.165, 1.54) is 11.3 Å². The molecule has 1 aromatic heterocycles. The van der Waals surface area contributed by atoms with Gasteiger partial charge >= 0.3 is 0 Å². The molecule has 3 aromatic rings. The second-order valence-corrected chi connectivity index (χ2v) is 7.35. The minimum Gasteiger partial charge on any atom is -0.497 e. The number of ether oxygens (including phenoxy) is 2. The molecule has 0 spiro atoms. The minimum atomic E-state index is 0.700. The van der Waals surface area contributed by atoms with E-state index in [4.69, 9.17) is 9.47 Å². The lowest BCUT2D eigenvalue weighted by molar-refractivity contribution is 0.165. The second-order valence-electron chi connectivity index (χ2n) is 7.35. The monoisotopic (exact) mass is 403 g/mol. The zero-order valence-corrected chi connectivity index (χ0v) is 17.8. The molecule has 0 bridgehead atoms. The highest BCUT2D eigenvalue weighted by molar-refractivity contribution is 5.33. The van der Waals surface area contributed by atoms with Crippen LogP contribution >= 0.6 is 0 Å². The molecule has 3 rings (SSSR count). The van der Waals surface area contributed by atoms with E-state index in [2.05, 4.69) is 52.1 Å². The Morgan fingerprint density at radius 1 is 0.967 bits per heavy atom. The summed E-state index contributed by atoms with van der Waals surface area (Å²) >= 11 is 0. The van der Waals surface area contributed by atoms with Crippen LogP contribution in [0.5, 0.6) is 5.75 Å². The molecule has 0 unspecified atom stereocenters. The van der Waals surface area contributed by atoms with Crippen LogP contribution in [0.3, 0.4) is 0 Å². The van der Waals surface area contributed by atoms with Crippen LogP contribution < -0.4 is 4.74 Å². The number of nitrogens with zero attached hydrogens (tertiary/aromatic N) is 3. The smallest absolute Gasteiger partial charge is 0.119 e. The first kappa shape index (κ1) is 21.6. The third-order valence-corrected chi connectivity index (χ3v) is 5.08. The Morgan fingerprint density at radius 3 is 2.60 bits per heavy atom. The third kappa shape index (κ3) is 6.21. The molecule has 156 valence electrons. The van der Waals surface area contributed by atoms with E-state index in [0.717, 1.165) is 50.5 Å². The summed E-state index contributed by atoms with van der Waals surface area (Å²) in [6.07, 6.45) is 3.09. The second kappa shape index (κ2) is 11.2. The van der Waals surface area contributed by atoms with Crippen LogP contribution in [0.15, 0.2) is 66.9 Å². The Morgan fingerprint density at radius 2 is 1.80 bits per heavy atom. The van der Waals surface area contributed by atoms with E-state index in [-0.39, 0.29) is 0 Å². The summed E-state index contributed by atoms with van der Waals surface area (Å²) in [5.74, 6) is 0.875. The first-order chi connectivity index (χ1) is 14.7. The Balaban J connectivity index is 1.73. The number of rotatable bonds is 11. The van der Waals surface area contributed by atoms with Crippen molar-refractivity contribution in [2.45, 2.75) is 26.1 Å². The first-order valence-electron chi connectivity index (χ1n) is 10.2. The van der Waals surface area contributed by atoms with Gasteiger partial charge in [-0.1, -0.05) is 24.3 Å². The highest BCUT2D eigenvalue weighted by Gasteiger charge is 2.11. The van der Waals surface area contributed by atoms with Crippen molar-refractivity contribution in [3.8, 4) is 11.8 Å². The fourth-order valence-corrected chi connectivity index (χ4v) is 3.59. The standard InChI is InChI=1S/C25H29N3O2/c1-29-14-6-12-27(18-22-8-3-7-21(15-22)17-26)20-24-10-5-13-28(24)19-23-9-4-11-25(16-23)30-2/h3-5,7-11,13,15-16H,6,12,14,18-20H2,1-2H3. The molecule has 0 aliphatic heterocycles. The number of methoxy groups -OCH3 is 2. The van der Waals surface area contributed by atoms with Gasteiger partial charge < -0.3 is 14.0 Å². The molecule has 0 atom stereocenters. The summed E-state index contributed by atoms with van der Waals surface area (Å²) in [4.78, 5) is 2.41. The fourth-order valence-electron chi connectivity index (χ4n) is 3.59. The highest BCUT2D eigenvalue weighted by atomic mass is 16.5. The van der Waals surface area contributed by atoms with E-state index >= 15 is 0 Å². The summed E-state index contributed by atoms with van der Waals surface area (Å²) in [7, 11) is 3.43. The number of benzene rings is 2. The third-order valence-electron chi connectivity index (χ3n) is 5.08. The van der Waals surface area contributed by atoms with Gasteiger partial charge in [-0.05, 0) is 53.9 Å². The van der Waals surface area contributed by atoms with Crippen molar-refractivity contribution in [2.24, 2.45) is 0 Å². The van der Waals surface area contributed by atoms with Gasteiger partial charge in [-0.25, -0.2) is 0 Å². The molecule has 30 heavy (non-hydrogen) atoms. The Labute approximate surface area is 179 Å². The van der Waals surface area contributed by atoms with Gasteiger partial charge in [-0.3, -0.25) is 4.90 Å². The topological polar surface area (TPSA) is 50.4 Å². The Bertz CT molecular complexity index is 974. The highest BCUT2D eigenvalue weighted by Crippen LogP contribution is 2.17. The predicted octanol–water partition coefficient (Wildman–Crippen LogP) is 4.46. The van der Waals surface area contributed by atoms with E-state index < -0.39 is 0 Å². The molecule has 2 aromatic carbocycles. The minimum absolute atomic E-state index is 0.700. The lowest BCUT2D eigenvalue weighted by Crippen LogP contribution is -2.26. The van der Waals surface area contributed by atoms with Gasteiger partial charge in [-0.2, -0.15) is 5.26 Å². The van der Waals surface area contributed by atoms with Gasteiger partial charge in [0.25, 0.3) is 0 Å². The van der Waals surface area contributed by atoms with E-state index in [0.29, 0.717) is 5.56 Å². The van der Waals surface area contributed by atoms with Crippen LogP contribution in [-0.4, -0.2) is 36.8 Å². The van der Waals surface area contributed by atoms with Crippen LogP contribution in [0, 0.1) is 11.3 Å². The lowest BCUT2D eigenvalue weighted by Gasteiger charge is -2.23. The molecular weight excluding hydrogens is 374 g/mol. The molecule has 0 amide bonds. The van der Waals surface area contributed by atoms with Crippen molar-refractivity contribution >= 4 is 0 Å². The van der Waals surface area contributed by atoms with Crippen molar-refractivity contribution in [3.63, 3.8) is 0 Å². The van der Waals surface area contributed by atoms with Crippen molar-refractivity contribution in [1.29, 1.82) is 5.26 Å². The van der Waals surface area contributed by atoms with Crippen LogP contribution in [0.2, 0.25) is 0 Å². The summed E-state index contributed by atoms with van der Waals surface area (Å²) in [5, 5.41) is 9.20. The fraction of sp³-hybridized carbons (Fsp3) is 0.320. The molecule has 1 heterocycles. The molecule has 0 radical (unpaired) electrons. The number of hydrogen-bond acceptors (Lipinski definition) is 4. The normalized spacial score (nSPS) is 10.9. The van der Waals surface area contributed by atoms with Crippen molar-refractivity contribution < 1.29 is 9.47 Å². The Kier molecular flexibility index (Phi) is 8.08. The van der Waals surface area contributed by atoms with Crippen LogP contribution in [0.25, 0.3) is 0 Å². The molecule has 0 fully saturated rings. The number of aromatic nitrogens is 1. The summed E-state index contributed by atoms with van der Waals surface area (Å²) in [5.41, 5.74) is 4.31. The van der Waals surface area contributed by atoms with Crippen molar-refractivity contribution in [2.75, 3.05) is 27.4 Å². The van der Waals surface area contributed by atoms with Crippen molar-refractivity contribution in [1.82, 2.24) is 9.47 Å². The maximum Gasteiger partial charge on any atom is 0.119 e. The molecule has 0 saturated carbocycles. The molecule has 5 heteroatoms. The van der Waals surface area contributed by atoms with Gasteiger partial charge in [0.2, 0.25) is 0 Å². The van der Waals surface area contributed by atoms with Crippen molar-refractivity contribution in [3.05, 3.63) is 89.2 Å². The summed E-state index contributed by atoms with van der Waals surface area (Å²) in [6.45, 7) is 4.09. The van der Waals surface area contributed by atoms with Crippen LogP contribution in [0.4, 0.5) is 0 Å². The maximum atomic E-state index is 9.20. The predicted molar refractivity (Wildman–Crippen MR) is 118 cm³/mol. The molecule has 5 nitrogen and oxygen atoms in total. The van der Waals surface area contributed by atoms with Gasteiger partial charge in [0.05, 0.1) is 18.7 Å². The number of nitriles is 1. The van der Waals surface area contributed by atoms with Gasteiger partial charge in [0.1, 0.15) is 5.75 Å². The first-order valence-corrected chi connectivity index (χ1v) is 10.2. The summed E-state index contributed by atoms with van der Waals surface area (Å²) < 4.78 is 12.9. The SMILES string of the molecule is COCCCN(Cc1cccc(C#N)c1)Cc1cccn1Cc1cccc(OC)c1. The maximum absolute atomic E-state index is 9.20. The zero-order chi connectivity index (χ0) is 21.2. The average molecular weight is 404 g/mol. The summed E-state index contributed by atoms with van der Waals surface area (Å²) in [6, 6.07) is 22.5. The molecule has 0 saturated heterocycles. The number of hydrogen-bond donors (Lipinski definition) is 0. The molecule has 0 aliphatic carbocycles. The molecular formula is C25H29N3O2. The zero-order valence-electron chi connectivity index (χ0n) is 17.8. The molecule has 0 N–H and O–H groups in total. The van der Waals surface area contributed by atoms with Gasteiger partial charge in [0, 0.05) is 51.8 Å². The van der Waals surface area contributed by atoms with E-state index in [9.17, 15) is 5.26 Å². The van der Waals surface area contributed by atoms with E-state index in [1.54, 1.807) is 14.2 Å².